The van der Waals surface area contributed by atoms with Crippen LogP contribution >= 0.6 is 0 Å². The SMILES string of the molecule is COc1c(C)cnc(-c2nnc(-c3ccc(C(=O)O)cc3)nn2)c1C. The second-order valence-electron chi connectivity index (χ2n) is 5.38. The van der Waals surface area contributed by atoms with Crippen molar-refractivity contribution in [2.24, 2.45) is 0 Å². The molecule has 126 valence electrons. The van der Waals surface area contributed by atoms with E-state index in [1.165, 1.54) is 12.1 Å². The minimum absolute atomic E-state index is 0.188. The molecule has 25 heavy (non-hydrogen) atoms. The van der Waals surface area contributed by atoms with Crippen molar-refractivity contribution in [2.75, 3.05) is 7.11 Å². The summed E-state index contributed by atoms with van der Waals surface area (Å²) < 4.78 is 5.38. The maximum absolute atomic E-state index is 10.9. The summed E-state index contributed by atoms with van der Waals surface area (Å²) in [5.74, 6) is 0.329. The van der Waals surface area contributed by atoms with Gasteiger partial charge in [0.1, 0.15) is 11.4 Å². The van der Waals surface area contributed by atoms with E-state index >= 15 is 0 Å². The Labute approximate surface area is 143 Å². The van der Waals surface area contributed by atoms with E-state index in [1.54, 1.807) is 25.4 Å². The molecule has 0 amide bonds. The third-order valence-electron chi connectivity index (χ3n) is 3.73. The van der Waals surface area contributed by atoms with Crippen LogP contribution in [0.1, 0.15) is 21.5 Å². The summed E-state index contributed by atoms with van der Waals surface area (Å²) in [6, 6.07) is 6.18. The molecule has 0 aliphatic rings. The molecule has 0 aliphatic carbocycles. The number of nitrogens with zero attached hydrogens (tertiary/aromatic N) is 5. The summed E-state index contributed by atoms with van der Waals surface area (Å²) in [6.07, 6.45) is 1.68. The van der Waals surface area contributed by atoms with Gasteiger partial charge in [-0.05, 0) is 26.0 Å². The largest absolute Gasteiger partial charge is 0.496 e. The van der Waals surface area contributed by atoms with Gasteiger partial charge in [-0.15, -0.1) is 20.4 Å². The molecule has 2 aromatic heterocycles. The molecule has 0 saturated heterocycles. The molecule has 3 aromatic rings. The van der Waals surface area contributed by atoms with Crippen LogP contribution in [-0.4, -0.2) is 43.6 Å². The van der Waals surface area contributed by atoms with Gasteiger partial charge in [-0.2, -0.15) is 0 Å². The second-order valence-corrected chi connectivity index (χ2v) is 5.38. The van der Waals surface area contributed by atoms with Gasteiger partial charge in [-0.1, -0.05) is 12.1 Å². The van der Waals surface area contributed by atoms with Gasteiger partial charge >= 0.3 is 5.97 Å². The Morgan fingerprint density at radius 3 is 2.16 bits per heavy atom. The van der Waals surface area contributed by atoms with Crippen molar-refractivity contribution in [3.05, 3.63) is 47.2 Å². The second kappa shape index (κ2) is 6.60. The highest BCUT2D eigenvalue weighted by Gasteiger charge is 2.15. The van der Waals surface area contributed by atoms with E-state index in [1.807, 2.05) is 13.8 Å². The Bertz CT molecular complexity index is 924. The van der Waals surface area contributed by atoms with Crippen molar-refractivity contribution in [3.63, 3.8) is 0 Å². The van der Waals surface area contributed by atoms with E-state index < -0.39 is 5.97 Å². The zero-order chi connectivity index (χ0) is 18.0. The summed E-state index contributed by atoms with van der Waals surface area (Å²) in [6.45, 7) is 3.78. The first kappa shape index (κ1) is 16.4. The fraction of sp³-hybridized carbons (Fsp3) is 0.176. The quantitative estimate of drug-likeness (QED) is 0.772. The van der Waals surface area contributed by atoms with Crippen LogP contribution in [-0.2, 0) is 0 Å². The Kier molecular flexibility index (Phi) is 4.34. The summed E-state index contributed by atoms with van der Waals surface area (Å²) in [4.78, 5) is 15.2. The number of hydrogen-bond acceptors (Lipinski definition) is 7. The fourth-order valence-electron chi connectivity index (χ4n) is 2.46. The molecule has 8 heteroatoms. The van der Waals surface area contributed by atoms with Crippen LogP contribution < -0.4 is 4.74 Å². The zero-order valence-electron chi connectivity index (χ0n) is 13.9. The van der Waals surface area contributed by atoms with Gasteiger partial charge in [0.2, 0.25) is 11.6 Å². The molecule has 0 radical (unpaired) electrons. The summed E-state index contributed by atoms with van der Waals surface area (Å²) >= 11 is 0. The predicted molar refractivity (Wildman–Crippen MR) is 89.3 cm³/mol. The van der Waals surface area contributed by atoms with Gasteiger partial charge < -0.3 is 9.84 Å². The highest BCUT2D eigenvalue weighted by atomic mass is 16.5. The highest BCUT2D eigenvalue weighted by molar-refractivity contribution is 5.88. The molecule has 0 atom stereocenters. The molecule has 0 fully saturated rings. The van der Waals surface area contributed by atoms with Crippen LogP contribution in [0, 0.1) is 13.8 Å². The minimum Gasteiger partial charge on any atom is -0.496 e. The minimum atomic E-state index is -0.992. The lowest BCUT2D eigenvalue weighted by Gasteiger charge is -2.10. The molecule has 2 heterocycles. The van der Waals surface area contributed by atoms with E-state index in [0.717, 1.165) is 16.9 Å². The van der Waals surface area contributed by atoms with E-state index in [0.29, 0.717) is 22.9 Å². The van der Waals surface area contributed by atoms with E-state index in [-0.39, 0.29) is 5.56 Å². The molecule has 0 saturated carbocycles. The van der Waals surface area contributed by atoms with E-state index in [2.05, 4.69) is 25.4 Å². The molecule has 8 nitrogen and oxygen atoms in total. The number of carbonyl (C=O) groups is 1. The number of aromatic carboxylic acids is 1. The van der Waals surface area contributed by atoms with Crippen molar-refractivity contribution in [2.45, 2.75) is 13.8 Å². The number of aromatic nitrogens is 5. The summed E-state index contributed by atoms with van der Waals surface area (Å²) in [5.41, 5.74) is 3.09. The standard InChI is InChI=1S/C17H15N5O3/c1-9-8-18-13(10(2)14(9)25-3)16-21-19-15(20-22-16)11-4-6-12(7-5-11)17(23)24/h4-8H,1-3H3,(H,23,24). The Balaban J connectivity index is 1.94. The van der Waals surface area contributed by atoms with Gasteiger partial charge in [0, 0.05) is 22.9 Å². The smallest absolute Gasteiger partial charge is 0.335 e. The maximum Gasteiger partial charge on any atom is 0.335 e. The van der Waals surface area contributed by atoms with Crippen molar-refractivity contribution in [3.8, 4) is 28.7 Å². The lowest BCUT2D eigenvalue weighted by atomic mass is 10.1. The van der Waals surface area contributed by atoms with Gasteiger partial charge in [0.25, 0.3) is 0 Å². The number of aryl methyl sites for hydroxylation is 1. The summed E-state index contributed by atoms with van der Waals surface area (Å²) in [7, 11) is 1.60. The molecule has 0 spiro atoms. The van der Waals surface area contributed by atoms with E-state index in [9.17, 15) is 4.79 Å². The number of benzene rings is 1. The Morgan fingerprint density at radius 1 is 1.00 bits per heavy atom. The van der Waals surface area contributed by atoms with Crippen LogP contribution in [0.15, 0.2) is 30.5 Å². The van der Waals surface area contributed by atoms with Gasteiger partial charge in [-0.25, -0.2) is 4.79 Å². The monoisotopic (exact) mass is 337 g/mol. The first-order valence-electron chi connectivity index (χ1n) is 7.43. The lowest BCUT2D eigenvalue weighted by Crippen LogP contribution is -2.04. The average molecular weight is 337 g/mol. The van der Waals surface area contributed by atoms with Crippen molar-refractivity contribution in [1.29, 1.82) is 0 Å². The molecule has 0 aliphatic heterocycles. The number of carboxylic acid groups (broad SMARTS) is 1. The van der Waals surface area contributed by atoms with Crippen molar-refractivity contribution >= 4 is 5.97 Å². The first-order chi connectivity index (χ1) is 12.0. The molecule has 1 N–H and O–H groups in total. The van der Waals surface area contributed by atoms with E-state index in [4.69, 9.17) is 9.84 Å². The van der Waals surface area contributed by atoms with Crippen LogP contribution in [0.5, 0.6) is 5.75 Å². The van der Waals surface area contributed by atoms with Crippen molar-refractivity contribution in [1.82, 2.24) is 25.4 Å². The predicted octanol–water partition coefficient (Wildman–Crippen LogP) is 2.32. The third-order valence-corrected chi connectivity index (χ3v) is 3.73. The molecular weight excluding hydrogens is 322 g/mol. The van der Waals surface area contributed by atoms with Crippen LogP contribution in [0.3, 0.4) is 0 Å². The van der Waals surface area contributed by atoms with Gasteiger partial charge in [-0.3, -0.25) is 4.98 Å². The third kappa shape index (κ3) is 3.14. The van der Waals surface area contributed by atoms with Crippen LogP contribution in [0.4, 0.5) is 0 Å². The Morgan fingerprint density at radius 2 is 1.60 bits per heavy atom. The molecule has 3 rings (SSSR count). The van der Waals surface area contributed by atoms with Gasteiger partial charge in [0.15, 0.2) is 0 Å². The number of methoxy groups -OCH3 is 1. The van der Waals surface area contributed by atoms with Gasteiger partial charge in [0.05, 0.1) is 12.7 Å². The molecule has 0 unspecified atom stereocenters. The maximum atomic E-state index is 10.9. The number of pyridine rings is 1. The van der Waals surface area contributed by atoms with Crippen LogP contribution in [0.2, 0.25) is 0 Å². The fourth-order valence-corrected chi connectivity index (χ4v) is 2.46. The van der Waals surface area contributed by atoms with Crippen molar-refractivity contribution < 1.29 is 14.6 Å². The number of rotatable bonds is 4. The average Bonchev–Trinajstić information content (AvgIpc) is 2.62. The number of hydrogen-bond donors (Lipinski definition) is 1. The summed E-state index contributed by atoms with van der Waals surface area (Å²) in [5, 5.41) is 25.2. The number of ether oxygens (including phenoxy) is 1. The zero-order valence-corrected chi connectivity index (χ0v) is 13.9. The molecule has 1 aromatic carbocycles. The first-order valence-corrected chi connectivity index (χ1v) is 7.43. The number of carboxylic acids is 1. The lowest BCUT2D eigenvalue weighted by molar-refractivity contribution is 0.0697. The normalized spacial score (nSPS) is 10.5. The van der Waals surface area contributed by atoms with Crippen LogP contribution in [0.25, 0.3) is 22.9 Å². The highest BCUT2D eigenvalue weighted by Crippen LogP contribution is 2.28. The topological polar surface area (TPSA) is 111 Å². The Hall–Kier alpha value is -3.42. The molecular formula is C17H15N5O3. The molecule has 0 bridgehead atoms.